The summed E-state index contributed by atoms with van der Waals surface area (Å²) in [5.74, 6) is 0. The summed E-state index contributed by atoms with van der Waals surface area (Å²) in [6.07, 6.45) is 0. The third kappa shape index (κ3) is 7.45. The van der Waals surface area contributed by atoms with E-state index in [1.165, 1.54) is 116 Å². The molecule has 3 heterocycles. The van der Waals surface area contributed by atoms with Gasteiger partial charge in [0.15, 0.2) is 0 Å². The first-order valence-corrected chi connectivity index (χ1v) is 30.7. The molecule has 4 nitrogen and oxygen atoms in total. The Kier molecular flexibility index (Phi) is 10.8. The lowest BCUT2D eigenvalue weighted by Gasteiger charge is -2.30. The summed E-state index contributed by atoms with van der Waals surface area (Å²) < 4.78 is 11.1. The molecule has 0 spiro atoms. The largest absolute Gasteiger partial charge is 0.456 e. The van der Waals surface area contributed by atoms with E-state index in [1.807, 2.05) is 12.1 Å². The Hall–Kier alpha value is -10.9. The van der Waals surface area contributed by atoms with Gasteiger partial charge in [-0.2, -0.15) is 0 Å². The lowest BCUT2D eigenvalue weighted by molar-refractivity contribution is 0.660. The molecule has 0 unspecified atom stereocenters. The van der Waals surface area contributed by atoms with Crippen molar-refractivity contribution >= 4 is 82.6 Å². The fourth-order valence-corrected chi connectivity index (χ4v) is 15.3. The van der Waals surface area contributed by atoms with Crippen molar-refractivity contribution in [3.05, 3.63) is 307 Å². The smallest absolute Gasteiger partial charge is 0.135 e. The average Bonchev–Trinajstić information content (AvgIpc) is 1.83. The molecule has 0 aliphatic heterocycles. The van der Waals surface area contributed by atoms with Crippen LogP contribution in [0, 0.1) is 0 Å². The summed E-state index contributed by atoms with van der Waals surface area (Å²) in [5.41, 5.74) is 29.4. The van der Waals surface area contributed by atoms with Gasteiger partial charge in [0.05, 0.1) is 22.1 Å². The summed E-state index contributed by atoms with van der Waals surface area (Å²) in [6, 6.07) is 106. The van der Waals surface area contributed by atoms with Crippen LogP contribution >= 0.6 is 0 Å². The zero-order chi connectivity index (χ0) is 58.6. The van der Waals surface area contributed by atoms with Crippen LogP contribution in [0.25, 0.3) is 133 Å². The summed E-state index contributed by atoms with van der Waals surface area (Å²) >= 11 is 0. The van der Waals surface area contributed by atoms with Crippen molar-refractivity contribution in [1.29, 1.82) is 0 Å². The van der Waals surface area contributed by atoms with Crippen LogP contribution in [0.2, 0.25) is 0 Å². The molecule has 0 radical (unpaired) electrons. The van der Waals surface area contributed by atoms with Gasteiger partial charge in [0, 0.05) is 71.6 Å². The third-order valence-corrected chi connectivity index (χ3v) is 19.7. The molecular weight excluding hydrogens is 1070 g/mol. The van der Waals surface area contributed by atoms with Crippen LogP contribution in [-0.2, 0) is 10.8 Å². The molecule has 0 saturated heterocycles. The molecule has 416 valence electrons. The number of aromatic nitrogens is 2. The van der Waals surface area contributed by atoms with E-state index < -0.39 is 0 Å². The summed E-state index contributed by atoms with van der Waals surface area (Å²) in [4.78, 5) is 2.48. The van der Waals surface area contributed by atoms with Gasteiger partial charge < -0.3 is 18.5 Å². The number of hydrogen-bond acceptors (Lipinski definition) is 2. The average molecular weight is 1130 g/mol. The Balaban J connectivity index is 0.730. The van der Waals surface area contributed by atoms with Crippen molar-refractivity contribution in [2.75, 3.05) is 4.90 Å². The second-order valence-corrected chi connectivity index (χ2v) is 25.3. The number of hydrogen-bond donors (Lipinski definition) is 0. The fraction of sp³-hybridized carbons (Fsp3) is 0.0714. The lowest BCUT2D eigenvalue weighted by atomic mass is 9.81. The first kappa shape index (κ1) is 50.4. The zero-order valence-electron chi connectivity index (χ0n) is 49.4. The summed E-state index contributed by atoms with van der Waals surface area (Å²) in [5, 5.41) is 7.29. The monoisotopic (exact) mass is 1130 g/mol. The lowest BCUT2D eigenvalue weighted by Crippen LogP contribution is -2.18. The topological polar surface area (TPSA) is 26.2 Å². The van der Waals surface area contributed by atoms with Crippen LogP contribution in [-0.4, -0.2) is 9.13 Å². The number of benzene rings is 13. The van der Waals surface area contributed by atoms with Crippen molar-refractivity contribution in [2.45, 2.75) is 38.5 Å². The Labute approximate surface area is 511 Å². The quantitative estimate of drug-likeness (QED) is 0.152. The molecule has 0 atom stereocenters. The third-order valence-electron chi connectivity index (χ3n) is 19.7. The predicted octanol–water partition coefficient (Wildman–Crippen LogP) is 22.9. The second-order valence-electron chi connectivity index (χ2n) is 25.3. The van der Waals surface area contributed by atoms with Gasteiger partial charge in [0.1, 0.15) is 11.2 Å². The minimum Gasteiger partial charge on any atom is -0.456 e. The first-order chi connectivity index (χ1) is 43.1. The van der Waals surface area contributed by atoms with Crippen LogP contribution in [0.15, 0.2) is 290 Å². The predicted molar refractivity (Wildman–Crippen MR) is 369 cm³/mol. The SMILES string of the molecule is CC1(C)c2cc(-c3ccc4c(c3)c3ccccc3n4-c3ccccc3)ccc2-c2ccc(N(c3ccc(-c4ccc5oc6ccccc6c5c4)cc3)c3ccc4c(c3)C(C)(C)c3cc(-c5ccc6c7ccccc7n(-c7ccccc7)c6c5)ccc3-4)cc21. The van der Waals surface area contributed by atoms with Gasteiger partial charge in [-0.25, -0.2) is 0 Å². The Bertz CT molecular complexity index is 5560. The van der Waals surface area contributed by atoms with Crippen LogP contribution in [0.1, 0.15) is 49.9 Å². The van der Waals surface area contributed by atoms with Crippen LogP contribution in [0.3, 0.4) is 0 Å². The molecule has 2 aliphatic rings. The van der Waals surface area contributed by atoms with Gasteiger partial charge in [0.25, 0.3) is 0 Å². The summed E-state index contributed by atoms with van der Waals surface area (Å²) in [6.45, 7) is 9.63. The van der Waals surface area contributed by atoms with E-state index in [4.69, 9.17) is 4.42 Å². The molecule has 13 aromatic carbocycles. The van der Waals surface area contributed by atoms with E-state index in [2.05, 4.69) is 315 Å². The van der Waals surface area contributed by atoms with E-state index in [0.29, 0.717) is 0 Å². The molecule has 0 fully saturated rings. The number of fused-ring (bicyclic) bond motifs is 15. The zero-order valence-corrected chi connectivity index (χ0v) is 49.4. The molecule has 0 N–H and O–H groups in total. The summed E-state index contributed by atoms with van der Waals surface area (Å²) in [7, 11) is 0. The second kappa shape index (κ2) is 18.8. The Morgan fingerprint density at radius 2 is 0.648 bits per heavy atom. The van der Waals surface area contributed by atoms with E-state index >= 15 is 0 Å². The molecule has 0 saturated carbocycles. The molecular formula is C84H59N3O. The van der Waals surface area contributed by atoms with Crippen molar-refractivity contribution in [1.82, 2.24) is 9.13 Å². The molecule has 16 aromatic rings. The van der Waals surface area contributed by atoms with E-state index in [1.54, 1.807) is 0 Å². The van der Waals surface area contributed by atoms with Crippen LogP contribution in [0.4, 0.5) is 17.1 Å². The number of para-hydroxylation sites is 5. The minimum absolute atomic E-state index is 0.280. The van der Waals surface area contributed by atoms with Crippen LogP contribution in [0.5, 0.6) is 0 Å². The number of rotatable bonds is 8. The Morgan fingerprint density at radius 3 is 1.26 bits per heavy atom. The fourth-order valence-electron chi connectivity index (χ4n) is 15.3. The van der Waals surface area contributed by atoms with Gasteiger partial charge in [-0.3, -0.25) is 0 Å². The van der Waals surface area contributed by atoms with Gasteiger partial charge in [-0.15, -0.1) is 0 Å². The Morgan fingerprint density at radius 1 is 0.261 bits per heavy atom. The molecule has 88 heavy (non-hydrogen) atoms. The maximum atomic E-state index is 6.25. The maximum Gasteiger partial charge on any atom is 0.135 e. The molecule has 18 rings (SSSR count). The number of furan rings is 1. The van der Waals surface area contributed by atoms with Gasteiger partial charge >= 0.3 is 0 Å². The molecule has 0 amide bonds. The van der Waals surface area contributed by atoms with Gasteiger partial charge in [-0.05, 0) is 199 Å². The number of anilines is 3. The highest BCUT2D eigenvalue weighted by molar-refractivity contribution is 6.12. The highest BCUT2D eigenvalue weighted by atomic mass is 16.3. The van der Waals surface area contributed by atoms with Crippen molar-refractivity contribution in [3.8, 4) is 67.0 Å². The highest BCUT2D eigenvalue weighted by Crippen LogP contribution is 2.55. The molecule has 2 aliphatic carbocycles. The van der Waals surface area contributed by atoms with Crippen molar-refractivity contribution in [3.63, 3.8) is 0 Å². The molecule has 0 bridgehead atoms. The standard InChI is InChI=1S/C84H59N3O/c1-83(2)73-47-55(54-32-43-79-71(45-54)68-22-12-15-25-78(68)86(79)58-17-7-5-8-18-58)29-38-63(73)65-41-36-61(50-75(65)83)85(60-34-27-52(28-35-60)53-33-44-82-72(46-53)70-23-13-16-26-81(70)88-82)62-37-42-66-64-39-30-56(48-74(64)84(3,4)76(66)51-62)57-31-40-69-67-21-11-14-24-77(67)87(80(69)49-57)59-19-9-6-10-20-59/h5-51H,1-4H3. The van der Waals surface area contributed by atoms with Crippen molar-refractivity contribution in [2.24, 2.45) is 0 Å². The van der Waals surface area contributed by atoms with Gasteiger partial charge in [-0.1, -0.05) is 191 Å². The van der Waals surface area contributed by atoms with Crippen LogP contribution < -0.4 is 4.90 Å². The van der Waals surface area contributed by atoms with Crippen molar-refractivity contribution < 1.29 is 4.42 Å². The van der Waals surface area contributed by atoms with E-state index in [9.17, 15) is 0 Å². The highest BCUT2D eigenvalue weighted by Gasteiger charge is 2.39. The van der Waals surface area contributed by atoms with E-state index in [-0.39, 0.29) is 10.8 Å². The normalized spacial score (nSPS) is 13.6. The maximum absolute atomic E-state index is 6.25. The minimum atomic E-state index is -0.284. The van der Waals surface area contributed by atoms with E-state index in [0.717, 1.165) is 55.8 Å². The first-order valence-electron chi connectivity index (χ1n) is 30.7. The molecule has 3 aromatic heterocycles. The number of nitrogens with zero attached hydrogens (tertiary/aromatic N) is 3. The van der Waals surface area contributed by atoms with Gasteiger partial charge in [0.2, 0.25) is 0 Å². The molecule has 4 heteroatoms.